The summed E-state index contributed by atoms with van der Waals surface area (Å²) in [6, 6.07) is 0. The second-order valence-electron chi connectivity index (χ2n) is 3.65. The highest BCUT2D eigenvalue weighted by Crippen LogP contribution is 1.87. The Morgan fingerprint density at radius 2 is 2.40 bits per heavy atom. The van der Waals surface area contributed by atoms with Crippen molar-refractivity contribution in [3.8, 4) is 0 Å². The maximum atomic E-state index is 11.2. The van der Waals surface area contributed by atoms with Gasteiger partial charge in [0, 0.05) is 6.54 Å². The first kappa shape index (κ1) is 11.6. The molecule has 0 aliphatic carbocycles. The van der Waals surface area contributed by atoms with Crippen LogP contribution in [0.15, 0.2) is 10.9 Å². The fourth-order valence-corrected chi connectivity index (χ4v) is 0.939. The minimum atomic E-state index is -0.0211. The highest BCUT2D eigenvalue weighted by molar-refractivity contribution is 5.77. The van der Waals surface area contributed by atoms with Crippen molar-refractivity contribution < 1.29 is 9.32 Å². The molecule has 0 saturated carbocycles. The van der Waals surface area contributed by atoms with Gasteiger partial charge in [-0.15, -0.1) is 0 Å². The zero-order valence-corrected chi connectivity index (χ0v) is 8.99. The van der Waals surface area contributed by atoms with Gasteiger partial charge in [0.25, 0.3) is 0 Å². The summed E-state index contributed by atoms with van der Waals surface area (Å²) in [5.74, 6) is 0.991. The van der Waals surface area contributed by atoms with E-state index >= 15 is 0 Å². The van der Waals surface area contributed by atoms with E-state index in [4.69, 9.17) is 0 Å². The number of carbonyl (C=O) groups is 1. The Kier molecular flexibility index (Phi) is 4.76. The van der Waals surface area contributed by atoms with Gasteiger partial charge < -0.3 is 15.2 Å². The SMILES string of the molecule is CC(C)CNC(=O)CNCc1ncon1. The van der Waals surface area contributed by atoms with E-state index in [1.54, 1.807) is 0 Å². The average Bonchev–Trinajstić information content (AvgIpc) is 2.67. The largest absolute Gasteiger partial charge is 0.355 e. The summed E-state index contributed by atoms with van der Waals surface area (Å²) in [6.07, 6.45) is 1.26. The number of amides is 1. The zero-order chi connectivity index (χ0) is 11.1. The fourth-order valence-electron chi connectivity index (χ4n) is 0.939. The monoisotopic (exact) mass is 212 g/mol. The maximum absolute atomic E-state index is 11.2. The van der Waals surface area contributed by atoms with Gasteiger partial charge in [-0.05, 0) is 5.92 Å². The van der Waals surface area contributed by atoms with Crippen LogP contribution in [0.3, 0.4) is 0 Å². The Labute approximate surface area is 88.4 Å². The van der Waals surface area contributed by atoms with Gasteiger partial charge in [-0.3, -0.25) is 4.79 Å². The average molecular weight is 212 g/mol. The molecule has 6 heteroatoms. The van der Waals surface area contributed by atoms with Crippen molar-refractivity contribution in [1.82, 2.24) is 20.8 Å². The molecule has 0 fully saturated rings. The number of rotatable bonds is 6. The van der Waals surface area contributed by atoms with Crippen molar-refractivity contribution in [2.24, 2.45) is 5.92 Å². The minimum absolute atomic E-state index is 0.0211. The van der Waals surface area contributed by atoms with Crippen LogP contribution in [0.2, 0.25) is 0 Å². The van der Waals surface area contributed by atoms with Crippen molar-refractivity contribution in [2.75, 3.05) is 13.1 Å². The Morgan fingerprint density at radius 1 is 1.60 bits per heavy atom. The number of hydrogen-bond acceptors (Lipinski definition) is 5. The van der Waals surface area contributed by atoms with Gasteiger partial charge in [0.1, 0.15) is 0 Å². The summed E-state index contributed by atoms with van der Waals surface area (Å²) in [6.45, 7) is 5.50. The summed E-state index contributed by atoms with van der Waals surface area (Å²) in [5, 5.41) is 9.32. The van der Waals surface area contributed by atoms with Crippen LogP contribution in [0, 0.1) is 5.92 Å². The van der Waals surface area contributed by atoms with Crippen LogP contribution in [0.5, 0.6) is 0 Å². The molecule has 0 aliphatic rings. The molecular formula is C9H16N4O2. The molecule has 0 aliphatic heterocycles. The molecule has 0 spiro atoms. The van der Waals surface area contributed by atoms with Crippen molar-refractivity contribution in [2.45, 2.75) is 20.4 Å². The summed E-state index contributed by atoms with van der Waals surface area (Å²) in [5.41, 5.74) is 0. The minimum Gasteiger partial charge on any atom is -0.355 e. The number of nitrogens with zero attached hydrogens (tertiary/aromatic N) is 2. The molecule has 0 unspecified atom stereocenters. The van der Waals surface area contributed by atoms with Crippen molar-refractivity contribution in [3.63, 3.8) is 0 Å². The standard InChI is InChI=1S/C9H16N4O2/c1-7(2)3-11-9(14)5-10-4-8-12-6-15-13-8/h6-7,10H,3-5H2,1-2H3,(H,11,14). The van der Waals surface area contributed by atoms with E-state index in [0.29, 0.717) is 24.8 Å². The number of carbonyl (C=O) groups excluding carboxylic acids is 1. The molecule has 0 atom stereocenters. The third-order valence-corrected chi connectivity index (χ3v) is 1.68. The van der Waals surface area contributed by atoms with Crippen LogP contribution < -0.4 is 10.6 Å². The van der Waals surface area contributed by atoms with E-state index in [0.717, 1.165) is 0 Å². The first-order valence-electron chi connectivity index (χ1n) is 4.91. The first-order chi connectivity index (χ1) is 7.18. The predicted octanol–water partition coefficient (Wildman–Crippen LogP) is -0.0686. The Morgan fingerprint density at radius 3 is 3.00 bits per heavy atom. The fraction of sp³-hybridized carbons (Fsp3) is 0.667. The third kappa shape index (κ3) is 5.11. The highest BCUT2D eigenvalue weighted by atomic mass is 16.5. The second-order valence-corrected chi connectivity index (χ2v) is 3.65. The van der Waals surface area contributed by atoms with Crippen LogP contribution in [-0.2, 0) is 11.3 Å². The molecule has 0 saturated heterocycles. The topological polar surface area (TPSA) is 80.0 Å². The Bertz CT molecular complexity index is 284. The molecule has 2 N–H and O–H groups in total. The lowest BCUT2D eigenvalue weighted by molar-refractivity contribution is -0.120. The summed E-state index contributed by atoms with van der Waals surface area (Å²) in [4.78, 5) is 15.1. The molecule has 1 aromatic heterocycles. The molecule has 1 rings (SSSR count). The molecule has 84 valence electrons. The van der Waals surface area contributed by atoms with Crippen LogP contribution in [-0.4, -0.2) is 29.1 Å². The van der Waals surface area contributed by atoms with Crippen LogP contribution in [0.25, 0.3) is 0 Å². The van der Waals surface area contributed by atoms with E-state index < -0.39 is 0 Å². The number of aromatic nitrogens is 2. The maximum Gasteiger partial charge on any atom is 0.233 e. The smallest absolute Gasteiger partial charge is 0.233 e. The quantitative estimate of drug-likeness (QED) is 0.690. The number of nitrogens with one attached hydrogen (secondary N) is 2. The zero-order valence-electron chi connectivity index (χ0n) is 8.99. The van der Waals surface area contributed by atoms with Crippen molar-refractivity contribution in [1.29, 1.82) is 0 Å². The Balaban J connectivity index is 2.07. The van der Waals surface area contributed by atoms with Gasteiger partial charge in [-0.2, -0.15) is 4.98 Å². The Hall–Kier alpha value is -1.43. The van der Waals surface area contributed by atoms with Gasteiger partial charge in [-0.25, -0.2) is 0 Å². The molecule has 6 nitrogen and oxygen atoms in total. The second kappa shape index (κ2) is 6.13. The van der Waals surface area contributed by atoms with Crippen LogP contribution in [0.4, 0.5) is 0 Å². The van der Waals surface area contributed by atoms with Gasteiger partial charge >= 0.3 is 0 Å². The van der Waals surface area contributed by atoms with E-state index in [2.05, 4.69) is 25.3 Å². The normalized spacial score (nSPS) is 10.6. The first-order valence-corrected chi connectivity index (χ1v) is 4.91. The molecule has 0 radical (unpaired) electrons. The van der Waals surface area contributed by atoms with Gasteiger partial charge in [0.2, 0.25) is 12.3 Å². The molecule has 0 aromatic carbocycles. The highest BCUT2D eigenvalue weighted by Gasteiger charge is 2.02. The van der Waals surface area contributed by atoms with Crippen molar-refractivity contribution >= 4 is 5.91 Å². The molecular weight excluding hydrogens is 196 g/mol. The molecule has 1 amide bonds. The summed E-state index contributed by atoms with van der Waals surface area (Å²) in [7, 11) is 0. The van der Waals surface area contributed by atoms with E-state index in [1.165, 1.54) is 6.39 Å². The lowest BCUT2D eigenvalue weighted by atomic mass is 10.2. The van der Waals surface area contributed by atoms with Crippen LogP contribution >= 0.6 is 0 Å². The van der Waals surface area contributed by atoms with Crippen molar-refractivity contribution in [3.05, 3.63) is 12.2 Å². The lowest BCUT2D eigenvalue weighted by Crippen LogP contribution is -2.35. The van der Waals surface area contributed by atoms with Crippen LogP contribution in [0.1, 0.15) is 19.7 Å². The van der Waals surface area contributed by atoms with Gasteiger partial charge in [0.05, 0.1) is 13.1 Å². The number of hydrogen-bond donors (Lipinski definition) is 2. The van der Waals surface area contributed by atoms with E-state index in [-0.39, 0.29) is 12.5 Å². The summed E-state index contributed by atoms with van der Waals surface area (Å²) >= 11 is 0. The third-order valence-electron chi connectivity index (χ3n) is 1.68. The summed E-state index contributed by atoms with van der Waals surface area (Å²) < 4.78 is 4.55. The molecule has 15 heavy (non-hydrogen) atoms. The van der Waals surface area contributed by atoms with Gasteiger partial charge in [-0.1, -0.05) is 19.0 Å². The van der Waals surface area contributed by atoms with E-state index in [9.17, 15) is 4.79 Å². The molecule has 1 heterocycles. The predicted molar refractivity (Wildman–Crippen MR) is 53.9 cm³/mol. The lowest BCUT2D eigenvalue weighted by Gasteiger charge is -2.07. The molecule has 1 aromatic rings. The van der Waals surface area contributed by atoms with E-state index in [1.807, 2.05) is 13.8 Å². The van der Waals surface area contributed by atoms with Gasteiger partial charge in [0.15, 0.2) is 5.82 Å². The molecule has 0 bridgehead atoms.